The molecule has 2 aromatic carbocycles. The highest BCUT2D eigenvalue weighted by molar-refractivity contribution is 6.08. The summed E-state index contributed by atoms with van der Waals surface area (Å²) < 4.78 is 4.92. The Kier molecular flexibility index (Phi) is 3.35. The molecule has 2 heterocycles. The van der Waals surface area contributed by atoms with Crippen LogP contribution in [0.1, 0.15) is 10.4 Å². The zero-order valence-electron chi connectivity index (χ0n) is 12.9. The van der Waals surface area contributed by atoms with Gasteiger partial charge in [0, 0.05) is 10.8 Å². The number of carbonyl (C=O) groups is 1. The first-order valence-electron chi connectivity index (χ1n) is 7.43. The van der Waals surface area contributed by atoms with Gasteiger partial charge in [-0.05, 0) is 30.3 Å². The van der Waals surface area contributed by atoms with Crippen molar-refractivity contribution in [3.63, 3.8) is 0 Å². The molecule has 0 radical (unpaired) electrons. The lowest BCUT2D eigenvalue weighted by Crippen LogP contribution is -2.07. The van der Waals surface area contributed by atoms with Crippen LogP contribution in [0.15, 0.2) is 54.7 Å². The van der Waals surface area contributed by atoms with E-state index in [1.54, 1.807) is 6.20 Å². The Hall–Kier alpha value is -3.41. The second-order valence-corrected chi connectivity index (χ2v) is 5.33. The van der Waals surface area contributed by atoms with Crippen LogP contribution in [0.4, 0.5) is 11.5 Å². The Morgan fingerprint density at radius 1 is 1.08 bits per heavy atom. The first kappa shape index (κ1) is 14.2. The fourth-order valence-corrected chi connectivity index (χ4v) is 2.71. The molecule has 0 spiro atoms. The molecule has 0 aliphatic rings. The van der Waals surface area contributed by atoms with Crippen LogP contribution in [0, 0.1) is 0 Å². The van der Waals surface area contributed by atoms with Crippen molar-refractivity contribution in [2.24, 2.45) is 0 Å². The fourth-order valence-electron chi connectivity index (χ4n) is 2.71. The molecule has 4 rings (SSSR count). The standard InChI is InChI=1S/C18H14N4O2/c1-24-18(23)16-14(8-6-12-10-19-22-17(12)16)21-15-9-7-11-4-2-3-5-13(11)20-15/h2-10H,1H3,(H,19,22)(H,20,21). The van der Waals surface area contributed by atoms with Crippen molar-refractivity contribution in [3.05, 3.63) is 60.3 Å². The van der Waals surface area contributed by atoms with E-state index >= 15 is 0 Å². The first-order valence-corrected chi connectivity index (χ1v) is 7.43. The van der Waals surface area contributed by atoms with E-state index in [1.165, 1.54) is 7.11 Å². The van der Waals surface area contributed by atoms with Gasteiger partial charge in [0.1, 0.15) is 11.4 Å². The molecule has 0 unspecified atom stereocenters. The number of fused-ring (bicyclic) bond motifs is 2. The van der Waals surface area contributed by atoms with Crippen molar-refractivity contribution in [1.29, 1.82) is 0 Å². The minimum absolute atomic E-state index is 0.405. The first-order chi connectivity index (χ1) is 11.8. The van der Waals surface area contributed by atoms with E-state index in [0.717, 1.165) is 16.3 Å². The average Bonchev–Trinajstić information content (AvgIpc) is 3.09. The van der Waals surface area contributed by atoms with Crippen molar-refractivity contribution in [2.75, 3.05) is 12.4 Å². The van der Waals surface area contributed by atoms with E-state index in [1.807, 2.05) is 48.5 Å². The Labute approximate surface area is 137 Å². The Bertz CT molecular complexity index is 1060. The molecule has 2 aromatic heterocycles. The third-order valence-electron chi connectivity index (χ3n) is 3.87. The molecule has 6 heteroatoms. The summed E-state index contributed by atoms with van der Waals surface area (Å²) in [5.41, 5.74) is 2.53. The lowest BCUT2D eigenvalue weighted by atomic mass is 10.1. The predicted octanol–water partition coefficient (Wildman–Crippen LogP) is 3.64. The van der Waals surface area contributed by atoms with Gasteiger partial charge in [0.15, 0.2) is 0 Å². The van der Waals surface area contributed by atoms with Crippen LogP contribution in [0.5, 0.6) is 0 Å². The van der Waals surface area contributed by atoms with Crippen LogP contribution >= 0.6 is 0 Å². The monoisotopic (exact) mass is 318 g/mol. The number of para-hydroxylation sites is 1. The number of rotatable bonds is 3. The van der Waals surface area contributed by atoms with Crippen molar-refractivity contribution >= 4 is 39.3 Å². The number of hydrogen-bond acceptors (Lipinski definition) is 5. The Morgan fingerprint density at radius 2 is 1.92 bits per heavy atom. The number of anilines is 2. The largest absolute Gasteiger partial charge is 0.465 e. The number of ether oxygens (including phenoxy) is 1. The maximum Gasteiger partial charge on any atom is 0.342 e. The molecule has 6 nitrogen and oxygen atoms in total. The van der Waals surface area contributed by atoms with Gasteiger partial charge >= 0.3 is 5.97 Å². The molecular formula is C18H14N4O2. The molecule has 0 amide bonds. The summed E-state index contributed by atoms with van der Waals surface area (Å²) in [5.74, 6) is 0.214. The van der Waals surface area contributed by atoms with Gasteiger partial charge < -0.3 is 10.1 Å². The molecule has 0 saturated heterocycles. The second-order valence-electron chi connectivity index (χ2n) is 5.33. The highest BCUT2D eigenvalue weighted by Gasteiger charge is 2.18. The quantitative estimate of drug-likeness (QED) is 0.564. The van der Waals surface area contributed by atoms with Crippen LogP contribution in [0.25, 0.3) is 21.8 Å². The van der Waals surface area contributed by atoms with Crippen LogP contribution in [-0.2, 0) is 4.74 Å². The normalized spacial score (nSPS) is 10.9. The molecule has 2 N–H and O–H groups in total. The zero-order chi connectivity index (χ0) is 16.5. The summed E-state index contributed by atoms with van der Waals surface area (Å²) in [6, 6.07) is 15.4. The number of aromatic nitrogens is 3. The summed E-state index contributed by atoms with van der Waals surface area (Å²) in [4.78, 5) is 16.8. The lowest BCUT2D eigenvalue weighted by molar-refractivity contribution is 0.0604. The van der Waals surface area contributed by atoms with E-state index < -0.39 is 5.97 Å². The third kappa shape index (κ3) is 2.34. The van der Waals surface area contributed by atoms with Crippen molar-refractivity contribution in [1.82, 2.24) is 15.2 Å². The number of nitrogens with zero attached hydrogens (tertiary/aromatic N) is 2. The van der Waals surface area contributed by atoms with Gasteiger partial charge in [-0.1, -0.05) is 18.2 Å². The number of benzene rings is 2. The Morgan fingerprint density at radius 3 is 2.79 bits per heavy atom. The van der Waals surface area contributed by atoms with Crippen LogP contribution in [0.2, 0.25) is 0 Å². The van der Waals surface area contributed by atoms with Crippen molar-refractivity contribution < 1.29 is 9.53 Å². The van der Waals surface area contributed by atoms with Gasteiger partial charge in [0.05, 0.1) is 30.0 Å². The molecule has 0 saturated carbocycles. The van der Waals surface area contributed by atoms with Crippen molar-refractivity contribution in [3.8, 4) is 0 Å². The lowest BCUT2D eigenvalue weighted by Gasteiger charge is -2.11. The number of H-pyrrole nitrogens is 1. The highest BCUT2D eigenvalue weighted by atomic mass is 16.5. The van der Waals surface area contributed by atoms with Gasteiger partial charge in [-0.25, -0.2) is 9.78 Å². The molecular weight excluding hydrogens is 304 g/mol. The minimum atomic E-state index is -0.437. The van der Waals surface area contributed by atoms with Crippen LogP contribution in [-0.4, -0.2) is 28.3 Å². The number of carbonyl (C=O) groups excluding carboxylic acids is 1. The molecule has 4 aromatic rings. The molecule has 118 valence electrons. The Balaban J connectivity index is 1.81. The molecule has 0 fully saturated rings. The predicted molar refractivity (Wildman–Crippen MR) is 92.5 cm³/mol. The van der Waals surface area contributed by atoms with E-state index in [-0.39, 0.29) is 0 Å². The summed E-state index contributed by atoms with van der Waals surface area (Å²) in [7, 11) is 1.36. The highest BCUT2D eigenvalue weighted by Crippen LogP contribution is 2.28. The third-order valence-corrected chi connectivity index (χ3v) is 3.87. The fraction of sp³-hybridized carbons (Fsp3) is 0.0556. The zero-order valence-corrected chi connectivity index (χ0v) is 12.9. The van der Waals surface area contributed by atoms with Crippen LogP contribution in [0.3, 0.4) is 0 Å². The van der Waals surface area contributed by atoms with Gasteiger partial charge in [-0.2, -0.15) is 5.10 Å². The summed E-state index contributed by atoms with van der Waals surface area (Å²) in [6.45, 7) is 0. The molecule has 0 bridgehead atoms. The maximum absolute atomic E-state index is 12.2. The molecule has 0 aliphatic carbocycles. The number of esters is 1. The van der Waals surface area contributed by atoms with E-state index in [4.69, 9.17) is 4.74 Å². The minimum Gasteiger partial charge on any atom is -0.465 e. The molecule has 24 heavy (non-hydrogen) atoms. The van der Waals surface area contributed by atoms with Crippen LogP contribution < -0.4 is 5.32 Å². The van der Waals surface area contributed by atoms with Crippen molar-refractivity contribution in [2.45, 2.75) is 0 Å². The number of nitrogens with one attached hydrogen (secondary N) is 2. The average molecular weight is 318 g/mol. The molecule has 0 aliphatic heterocycles. The van der Waals surface area contributed by atoms with E-state index in [9.17, 15) is 4.79 Å². The number of methoxy groups -OCH3 is 1. The molecule has 0 atom stereocenters. The number of hydrogen-bond donors (Lipinski definition) is 2. The SMILES string of the molecule is COC(=O)c1c(Nc2ccc3ccccc3n2)ccc2cn[nH]c12. The smallest absolute Gasteiger partial charge is 0.342 e. The second kappa shape index (κ2) is 5.66. The van der Waals surface area contributed by atoms with Gasteiger partial charge in [0.25, 0.3) is 0 Å². The van der Waals surface area contributed by atoms with Gasteiger partial charge in [-0.3, -0.25) is 5.10 Å². The van der Waals surface area contributed by atoms with Gasteiger partial charge in [0.2, 0.25) is 0 Å². The van der Waals surface area contributed by atoms with E-state index in [2.05, 4.69) is 20.5 Å². The summed E-state index contributed by atoms with van der Waals surface area (Å²) in [6.07, 6.45) is 1.67. The number of pyridine rings is 1. The van der Waals surface area contributed by atoms with Gasteiger partial charge in [-0.15, -0.1) is 0 Å². The van der Waals surface area contributed by atoms with E-state index in [0.29, 0.717) is 22.6 Å². The summed E-state index contributed by atoms with van der Waals surface area (Å²) >= 11 is 0. The summed E-state index contributed by atoms with van der Waals surface area (Å²) in [5, 5.41) is 11.9. The maximum atomic E-state index is 12.2. The topological polar surface area (TPSA) is 79.9 Å². The number of aromatic amines is 1.